The summed E-state index contributed by atoms with van der Waals surface area (Å²) in [6, 6.07) is 11.7. The number of hydrogen-bond donors (Lipinski definition) is 1. The Morgan fingerprint density at radius 1 is 1.23 bits per heavy atom. The number of likely N-dealkylation sites (tertiary alicyclic amines) is 2. The van der Waals surface area contributed by atoms with E-state index in [1.807, 2.05) is 18.8 Å². The van der Waals surface area contributed by atoms with Crippen molar-refractivity contribution < 1.29 is 0 Å². The maximum Gasteiger partial charge on any atom is 0.193 e. The Morgan fingerprint density at radius 2 is 2.04 bits per heavy atom. The van der Waals surface area contributed by atoms with Crippen molar-refractivity contribution in [1.82, 2.24) is 15.1 Å². The summed E-state index contributed by atoms with van der Waals surface area (Å²) < 4.78 is 0. The second-order valence-electron chi connectivity index (χ2n) is 7.13. The molecule has 2 aliphatic rings. The number of guanidine groups is 1. The summed E-state index contributed by atoms with van der Waals surface area (Å²) in [4.78, 5) is 9.72. The second-order valence-corrected chi connectivity index (χ2v) is 8.11. The summed E-state index contributed by atoms with van der Waals surface area (Å²) in [5.41, 5.74) is 1.44. The largest absolute Gasteiger partial charge is 0.355 e. The van der Waals surface area contributed by atoms with Gasteiger partial charge in [-0.05, 0) is 43.5 Å². The van der Waals surface area contributed by atoms with E-state index in [0.29, 0.717) is 0 Å². The molecule has 0 spiro atoms. The second kappa shape index (κ2) is 11.4. The lowest BCUT2D eigenvalue weighted by Gasteiger charge is -2.48. The summed E-state index contributed by atoms with van der Waals surface area (Å²) in [6.45, 7) is 5.61. The van der Waals surface area contributed by atoms with Crippen molar-refractivity contribution >= 4 is 41.7 Å². The highest BCUT2D eigenvalue weighted by atomic mass is 127. The summed E-state index contributed by atoms with van der Waals surface area (Å²) in [6.07, 6.45) is 6.08. The maximum atomic E-state index is 4.52. The van der Waals surface area contributed by atoms with E-state index in [-0.39, 0.29) is 24.0 Å². The minimum absolute atomic E-state index is 0. The van der Waals surface area contributed by atoms with Gasteiger partial charge in [-0.3, -0.25) is 9.89 Å². The summed E-state index contributed by atoms with van der Waals surface area (Å²) >= 11 is 1.88. The number of piperidine rings is 2. The van der Waals surface area contributed by atoms with Crippen molar-refractivity contribution in [1.29, 1.82) is 0 Å². The van der Waals surface area contributed by atoms with Gasteiger partial charge in [-0.1, -0.05) is 30.3 Å². The minimum atomic E-state index is 0. The number of aliphatic imine (C=N–C) groups is 1. The number of benzene rings is 1. The minimum Gasteiger partial charge on any atom is -0.355 e. The molecule has 26 heavy (non-hydrogen) atoms. The first-order chi connectivity index (χ1) is 12.3. The number of hydrogen-bond acceptors (Lipinski definition) is 3. The average Bonchev–Trinajstić information content (AvgIpc) is 2.66. The summed E-state index contributed by atoms with van der Waals surface area (Å²) in [5, 5.41) is 3.53. The molecule has 1 aromatic carbocycles. The predicted molar refractivity (Wildman–Crippen MR) is 125 cm³/mol. The molecule has 2 heterocycles. The van der Waals surface area contributed by atoms with E-state index in [1.54, 1.807) is 0 Å². The molecule has 6 heteroatoms. The Kier molecular flexibility index (Phi) is 9.56. The van der Waals surface area contributed by atoms with E-state index in [4.69, 9.17) is 0 Å². The first-order valence-corrected chi connectivity index (χ1v) is 10.9. The molecule has 2 saturated heterocycles. The molecular weight excluding hydrogens is 455 g/mol. The number of fused-ring (bicyclic) bond motifs is 1. The van der Waals surface area contributed by atoms with Crippen LogP contribution in [0.5, 0.6) is 0 Å². The van der Waals surface area contributed by atoms with Crippen LogP contribution in [0.1, 0.15) is 24.8 Å². The molecule has 0 bridgehead atoms. The van der Waals surface area contributed by atoms with Crippen molar-refractivity contribution in [3.63, 3.8) is 0 Å². The van der Waals surface area contributed by atoms with Gasteiger partial charge < -0.3 is 10.2 Å². The Hall–Kier alpha value is -0.470. The first kappa shape index (κ1) is 21.8. The molecule has 4 nitrogen and oxygen atoms in total. The Balaban J connectivity index is 0.00000243. The van der Waals surface area contributed by atoms with Gasteiger partial charge in [0.2, 0.25) is 0 Å². The quantitative estimate of drug-likeness (QED) is 0.298. The zero-order valence-electron chi connectivity index (χ0n) is 16.1. The third-order valence-corrected chi connectivity index (χ3v) is 6.12. The van der Waals surface area contributed by atoms with E-state index >= 15 is 0 Å². The summed E-state index contributed by atoms with van der Waals surface area (Å²) in [5.74, 6) is 2.99. The van der Waals surface area contributed by atoms with Gasteiger partial charge in [-0.2, -0.15) is 11.8 Å². The van der Waals surface area contributed by atoms with Gasteiger partial charge in [0.05, 0.1) is 0 Å². The van der Waals surface area contributed by atoms with Crippen molar-refractivity contribution in [3.8, 4) is 0 Å². The average molecular weight is 488 g/mol. The van der Waals surface area contributed by atoms with E-state index in [0.717, 1.165) is 49.9 Å². The maximum absolute atomic E-state index is 4.52. The van der Waals surface area contributed by atoms with Crippen molar-refractivity contribution in [2.45, 2.75) is 31.8 Å². The normalized spacial score (nSPS) is 23.9. The number of nitrogens with one attached hydrogen (secondary N) is 1. The van der Waals surface area contributed by atoms with E-state index in [2.05, 4.69) is 56.7 Å². The lowest BCUT2D eigenvalue weighted by atomic mass is 9.83. The van der Waals surface area contributed by atoms with Gasteiger partial charge in [0.25, 0.3) is 0 Å². The molecule has 0 radical (unpaired) electrons. The van der Waals surface area contributed by atoms with Crippen LogP contribution in [-0.2, 0) is 6.54 Å². The number of rotatable bonds is 5. The predicted octanol–water partition coefficient (Wildman–Crippen LogP) is 3.53. The van der Waals surface area contributed by atoms with Gasteiger partial charge in [0.1, 0.15) is 0 Å². The molecule has 0 aromatic heterocycles. The zero-order valence-corrected chi connectivity index (χ0v) is 19.2. The highest BCUT2D eigenvalue weighted by Crippen LogP contribution is 2.31. The van der Waals surface area contributed by atoms with Crippen LogP contribution in [0.3, 0.4) is 0 Å². The Labute approximate surface area is 180 Å². The third-order valence-electron chi connectivity index (χ3n) is 5.51. The molecule has 2 aliphatic heterocycles. The van der Waals surface area contributed by atoms with Crippen LogP contribution in [0, 0.1) is 5.92 Å². The molecule has 1 aromatic rings. The van der Waals surface area contributed by atoms with E-state index in [1.165, 1.54) is 31.4 Å². The van der Waals surface area contributed by atoms with Crippen LogP contribution in [0.25, 0.3) is 0 Å². The highest BCUT2D eigenvalue weighted by molar-refractivity contribution is 14.0. The van der Waals surface area contributed by atoms with Crippen molar-refractivity contribution in [2.24, 2.45) is 10.9 Å². The van der Waals surface area contributed by atoms with Crippen molar-refractivity contribution in [2.75, 3.05) is 45.2 Å². The molecule has 0 aliphatic carbocycles. The molecule has 2 unspecified atom stereocenters. The highest BCUT2D eigenvalue weighted by Gasteiger charge is 2.36. The molecule has 1 N–H and O–H groups in total. The molecule has 0 amide bonds. The molecule has 0 saturated carbocycles. The van der Waals surface area contributed by atoms with Crippen LogP contribution < -0.4 is 5.32 Å². The van der Waals surface area contributed by atoms with E-state index < -0.39 is 0 Å². The fourth-order valence-electron chi connectivity index (χ4n) is 4.31. The Morgan fingerprint density at radius 3 is 2.77 bits per heavy atom. The summed E-state index contributed by atoms with van der Waals surface area (Å²) in [7, 11) is 1.91. The standard InChI is InChI=1S/C20H32N4S.HI/c1-21-20(22-11-14-25-2)24-13-10-19-18(16-24)9-6-12-23(19)15-17-7-4-3-5-8-17;/h3-5,7-8,18-19H,6,9-16H2,1-2H3,(H,21,22);1H. The zero-order chi connectivity index (χ0) is 17.5. The SMILES string of the molecule is CN=C(NCCSC)N1CCC2C(CCCN2Cc2ccccc2)C1.I. The lowest BCUT2D eigenvalue weighted by Crippen LogP contribution is -2.56. The molecule has 146 valence electrons. The number of halogens is 1. The van der Waals surface area contributed by atoms with Crippen LogP contribution in [0.15, 0.2) is 35.3 Å². The van der Waals surface area contributed by atoms with Gasteiger partial charge in [0.15, 0.2) is 5.96 Å². The fraction of sp³-hybridized carbons (Fsp3) is 0.650. The molecule has 2 fully saturated rings. The van der Waals surface area contributed by atoms with Crippen LogP contribution in [0.2, 0.25) is 0 Å². The topological polar surface area (TPSA) is 30.9 Å². The number of nitrogens with zero attached hydrogens (tertiary/aromatic N) is 3. The van der Waals surface area contributed by atoms with Gasteiger partial charge in [-0.25, -0.2) is 0 Å². The third kappa shape index (κ3) is 5.76. The molecular formula is C20H33IN4S. The van der Waals surface area contributed by atoms with Crippen molar-refractivity contribution in [3.05, 3.63) is 35.9 Å². The van der Waals surface area contributed by atoms with E-state index in [9.17, 15) is 0 Å². The molecule has 2 atom stereocenters. The molecule has 3 rings (SSSR count). The van der Waals surface area contributed by atoms with Gasteiger partial charge in [-0.15, -0.1) is 24.0 Å². The van der Waals surface area contributed by atoms with Crippen LogP contribution >= 0.6 is 35.7 Å². The fourth-order valence-corrected chi connectivity index (χ4v) is 4.62. The van der Waals surface area contributed by atoms with Crippen LogP contribution in [-0.4, -0.2) is 67.0 Å². The van der Waals surface area contributed by atoms with Gasteiger partial charge in [0, 0.05) is 45.0 Å². The smallest absolute Gasteiger partial charge is 0.193 e. The van der Waals surface area contributed by atoms with Gasteiger partial charge >= 0.3 is 0 Å². The monoisotopic (exact) mass is 488 g/mol. The Bertz CT molecular complexity index is 554. The van der Waals surface area contributed by atoms with Crippen LogP contribution in [0.4, 0.5) is 0 Å². The number of thioether (sulfide) groups is 1. The first-order valence-electron chi connectivity index (χ1n) is 9.54. The lowest BCUT2D eigenvalue weighted by molar-refractivity contribution is 0.0373.